The van der Waals surface area contributed by atoms with Gasteiger partial charge < -0.3 is 35.3 Å². The maximum atomic E-state index is 10.8. The van der Waals surface area contributed by atoms with Gasteiger partial charge in [0.2, 0.25) is 0 Å². The molecule has 0 saturated carbocycles. The minimum Gasteiger partial charge on any atom is -0.481 e. The third kappa shape index (κ3) is 6.51. The number of rotatable bonds is 9. The number of hydrogen-bond acceptors (Lipinski definition) is 6. The van der Waals surface area contributed by atoms with Gasteiger partial charge in [-0.25, -0.2) is 0 Å². The van der Waals surface area contributed by atoms with Crippen LogP contribution in [0.1, 0.15) is 13.3 Å². The molecule has 0 radical (unpaired) electrons. The number of carboxylic acids is 2. The predicted molar refractivity (Wildman–Crippen MR) is 67.5 cm³/mol. The first kappa shape index (κ1) is 20.0. The molecule has 0 saturated heterocycles. The van der Waals surface area contributed by atoms with E-state index < -0.39 is 62.3 Å². The van der Waals surface area contributed by atoms with E-state index in [1.54, 1.807) is 0 Å². The lowest BCUT2D eigenvalue weighted by Gasteiger charge is -2.29. The van der Waals surface area contributed by atoms with Gasteiger partial charge in [-0.05, 0) is 6.42 Å². The van der Waals surface area contributed by atoms with Crippen LogP contribution < -0.4 is 0 Å². The van der Waals surface area contributed by atoms with Crippen molar-refractivity contribution in [3.8, 4) is 0 Å². The fourth-order valence-corrected chi connectivity index (χ4v) is 2.36. The molecule has 0 aromatic rings. The van der Waals surface area contributed by atoms with E-state index >= 15 is 0 Å². The smallest absolute Gasteiger partial charge is 0.325 e. The molecule has 4 atom stereocenters. The Balaban J connectivity index is 4.81. The minimum atomic E-state index is -4.40. The monoisotopic (exact) mass is 330 g/mol. The average molecular weight is 330 g/mol. The number of carboxylic acid groups (broad SMARTS) is 2. The molecule has 0 aliphatic carbocycles. The summed E-state index contributed by atoms with van der Waals surface area (Å²) >= 11 is 0. The largest absolute Gasteiger partial charge is 0.481 e. The number of aliphatic hydroxyl groups excluding tert-OH is 3. The van der Waals surface area contributed by atoms with Gasteiger partial charge in [0.25, 0.3) is 0 Å². The van der Waals surface area contributed by atoms with Crippen molar-refractivity contribution in [1.82, 2.24) is 0 Å². The molecule has 0 rings (SSSR count). The number of aliphatic carboxylic acids is 2. The van der Waals surface area contributed by atoms with Gasteiger partial charge in [0, 0.05) is 5.92 Å². The van der Waals surface area contributed by atoms with Crippen molar-refractivity contribution < 1.29 is 49.5 Å². The first-order valence-corrected chi connectivity index (χ1v) is 7.72. The standard InChI is InChI=1S/C10H19O10P/c1-4(6(9(14)15)10(16)17)7(12)8(13)5(11)2-3-21(18,19)20/h4-8,11-13H,2-3H2,1H3,(H,14,15)(H,16,17)(H2,18,19,20)/t4?,5-,7+,8-/m0/s1. The van der Waals surface area contributed by atoms with Crippen LogP contribution in [0.4, 0.5) is 0 Å². The lowest BCUT2D eigenvalue weighted by molar-refractivity contribution is -0.162. The molecule has 0 amide bonds. The van der Waals surface area contributed by atoms with E-state index in [-0.39, 0.29) is 0 Å². The molecule has 0 aliphatic heterocycles. The summed E-state index contributed by atoms with van der Waals surface area (Å²) in [5.74, 6) is -6.86. The van der Waals surface area contributed by atoms with Crippen molar-refractivity contribution in [1.29, 1.82) is 0 Å². The maximum absolute atomic E-state index is 10.8. The molecule has 21 heavy (non-hydrogen) atoms. The van der Waals surface area contributed by atoms with Crippen LogP contribution in [0.25, 0.3) is 0 Å². The van der Waals surface area contributed by atoms with Crippen LogP contribution in [0, 0.1) is 11.8 Å². The summed E-state index contributed by atoms with van der Waals surface area (Å²) in [6.45, 7) is 1.07. The Kier molecular flexibility index (Phi) is 7.45. The Bertz CT molecular complexity index is 404. The molecule has 124 valence electrons. The van der Waals surface area contributed by atoms with Crippen molar-refractivity contribution in [3.05, 3.63) is 0 Å². The van der Waals surface area contributed by atoms with Crippen LogP contribution in [0.3, 0.4) is 0 Å². The first-order valence-electron chi connectivity index (χ1n) is 5.93. The molecule has 10 nitrogen and oxygen atoms in total. The van der Waals surface area contributed by atoms with Gasteiger partial charge in [-0.3, -0.25) is 14.2 Å². The van der Waals surface area contributed by atoms with E-state index in [0.29, 0.717) is 0 Å². The highest BCUT2D eigenvalue weighted by Gasteiger charge is 2.40. The van der Waals surface area contributed by atoms with Gasteiger partial charge in [0.1, 0.15) is 6.10 Å². The normalized spacial score (nSPS) is 18.0. The fourth-order valence-electron chi connectivity index (χ4n) is 1.76. The van der Waals surface area contributed by atoms with E-state index in [4.69, 9.17) is 20.0 Å². The van der Waals surface area contributed by atoms with E-state index in [0.717, 1.165) is 6.92 Å². The summed E-state index contributed by atoms with van der Waals surface area (Å²) in [4.78, 5) is 38.9. The number of aliphatic hydroxyl groups is 3. The van der Waals surface area contributed by atoms with Gasteiger partial charge in [0.15, 0.2) is 5.92 Å². The van der Waals surface area contributed by atoms with Crippen LogP contribution in [-0.2, 0) is 14.2 Å². The third-order valence-corrected chi connectivity index (χ3v) is 3.90. The van der Waals surface area contributed by atoms with Gasteiger partial charge in [-0.1, -0.05) is 6.92 Å². The molecule has 0 aliphatic rings. The summed E-state index contributed by atoms with van der Waals surface area (Å²) < 4.78 is 10.6. The Morgan fingerprint density at radius 2 is 1.43 bits per heavy atom. The number of carbonyl (C=O) groups is 2. The van der Waals surface area contributed by atoms with Crippen LogP contribution >= 0.6 is 7.60 Å². The molecule has 0 bridgehead atoms. The highest BCUT2D eigenvalue weighted by atomic mass is 31.2. The lowest BCUT2D eigenvalue weighted by atomic mass is 9.85. The molecule has 0 spiro atoms. The second kappa shape index (κ2) is 7.83. The van der Waals surface area contributed by atoms with Gasteiger partial charge >= 0.3 is 19.5 Å². The lowest BCUT2D eigenvalue weighted by Crippen LogP contribution is -2.46. The molecule has 0 aromatic heterocycles. The molecular weight excluding hydrogens is 311 g/mol. The highest BCUT2D eigenvalue weighted by Crippen LogP contribution is 2.35. The van der Waals surface area contributed by atoms with E-state index in [9.17, 15) is 29.5 Å². The minimum absolute atomic E-state index is 0.542. The van der Waals surface area contributed by atoms with Gasteiger partial charge in [-0.15, -0.1) is 0 Å². The molecule has 0 fully saturated rings. The Morgan fingerprint density at radius 1 is 1.00 bits per heavy atom. The molecule has 11 heteroatoms. The first-order chi connectivity index (χ1) is 9.38. The second-order valence-corrected chi connectivity index (χ2v) is 6.52. The zero-order valence-electron chi connectivity index (χ0n) is 11.1. The van der Waals surface area contributed by atoms with E-state index in [1.807, 2.05) is 0 Å². The SMILES string of the molecule is CC(C(C(=O)O)C(=O)O)[C@@H](O)[C@@H](O)[C@@H](O)CCP(=O)(O)O. The average Bonchev–Trinajstić information content (AvgIpc) is 2.32. The van der Waals surface area contributed by atoms with Crippen molar-refractivity contribution in [3.63, 3.8) is 0 Å². The fraction of sp³-hybridized carbons (Fsp3) is 0.800. The van der Waals surface area contributed by atoms with Crippen molar-refractivity contribution >= 4 is 19.5 Å². The quantitative estimate of drug-likeness (QED) is 0.185. The zero-order chi connectivity index (χ0) is 17.0. The second-order valence-electron chi connectivity index (χ2n) is 4.74. The van der Waals surface area contributed by atoms with Crippen molar-refractivity contribution in [2.75, 3.05) is 6.16 Å². The van der Waals surface area contributed by atoms with E-state index in [1.165, 1.54) is 0 Å². The Labute approximate surface area is 119 Å². The van der Waals surface area contributed by atoms with Crippen molar-refractivity contribution in [2.24, 2.45) is 11.8 Å². The van der Waals surface area contributed by atoms with Crippen LogP contribution in [0.15, 0.2) is 0 Å². The van der Waals surface area contributed by atoms with E-state index in [2.05, 4.69) is 0 Å². The third-order valence-electron chi connectivity index (χ3n) is 3.06. The Morgan fingerprint density at radius 3 is 1.76 bits per heavy atom. The number of hydrogen-bond donors (Lipinski definition) is 7. The van der Waals surface area contributed by atoms with Gasteiger partial charge in [0.05, 0.1) is 18.4 Å². The summed E-state index contributed by atoms with van der Waals surface area (Å²) in [6.07, 6.45) is -6.85. The molecule has 7 N–H and O–H groups in total. The van der Waals surface area contributed by atoms with Crippen LogP contribution in [0.5, 0.6) is 0 Å². The Hall–Kier alpha value is -1.03. The summed E-state index contributed by atoms with van der Waals surface area (Å²) in [6, 6.07) is 0. The van der Waals surface area contributed by atoms with Crippen molar-refractivity contribution in [2.45, 2.75) is 31.7 Å². The maximum Gasteiger partial charge on any atom is 0.325 e. The molecule has 0 aromatic carbocycles. The van der Waals surface area contributed by atoms with Crippen LogP contribution in [0.2, 0.25) is 0 Å². The zero-order valence-corrected chi connectivity index (χ0v) is 12.0. The highest BCUT2D eigenvalue weighted by molar-refractivity contribution is 7.51. The summed E-state index contributed by atoms with van der Waals surface area (Å²) in [5.41, 5.74) is 0. The molecular formula is C10H19O10P. The molecule has 1 unspecified atom stereocenters. The topological polar surface area (TPSA) is 193 Å². The summed E-state index contributed by atoms with van der Waals surface area (Å²) in [5, 5.41) is 46.4. The predicted octanol–water partition coefficient (Wildman–Crippen LogP) is -1.94. The molecule has 0 heterocycles. The summed E-state index contributed by atoms with van der Waals surface area (Å²) in [7, 11) is -4.40. The van der Waals surface area contributed by atoms with Gasteiger partial charge in [-0.2, -0.15) is 0 Å². The van der Waals surface area contributed by atoms with Crippen LogP contribution in [-0.4, -0.2) is 71.7 Å².